The number of hydrogen-bond acceptors (Lipinski definition) is 2. The van der Waals surface area contributed by atoms with Crippen LogP contribution in [0.2, 0.25) is 0 Å². The van der Waals surface area contributed by atoms with Gasteiger partial charge in [-0.2, -0.15) is 0 Å². The fourth-order valence-electron chi connectivity index (χ4n) is 1.21. The maximum atomic E-state index is 12.8. The lowest BCUT2D eigenvalue weighted by molar-refractivity contribution is -0.145. The molecule has 1 aromatic rings. The van der Waals surface area contributed by atoms with Crippen LogP contribution >= 0.6 is 0 Å². The molecule has 1 atom stereocenters. The number of carbonyl (C=O) groups is 1. The van der Waals surface area contributed by atoms with Gasteiger partial charge < -0.3 is 9.84 Å². The summed E-state index contributed by atoms with van der Waals surface area (Å²) in [5.74, 6) is -0.963. The molecule has 0 bridgehead atoms. The molecule has 0 fully saturated rings. The van der Waals surface area contributed by atoms with Crippen molar-refractivity contribution in [3.8, 4) is 5.75 Å². The van der Waals surface area contributed by atoms with E-state index < -0.39 is 12.1 Å². The quantitative estimate of drug-likeness (QED) is 0.833. The summed E-state index contributed by atoms with van der Waals surface area (Å²) < 4.78 is 18.0. The molecule has 0 saturated heterocycles. The summed E-state index contributed by atoms with van der Waals surface area (Å²) in [5.41, 5.74) is 0.592. The van der Waals surface area contributed by atoms with Crippen molar-refractivity contribution in [3.05, 3.63) is 29.6 Å². The first kappa shape index (κ1) is 11.5. The van der Waals surface area contributed by atoms with Gasteiger partial charge in [0, 0.05) is 0 Å². The SMILES string of the molecule is CCC(Oc1ccc(F)cc1C)C(=O)O. The third-order valence-electron chi connectivity index (χ3n) is 2.05. The molecule has 1 unspecified atom stereocenters. The van der Waals surface area contributed by atoms with Gasteiger partial charge in [0.05, 0.1) is 0 Å². The minimum absolute atomic E-state index is 0.358. The number of carboxylic acid groups (broad SMARTS) is 1. The van der Waals surface area contributed by atoms with Gasteiger partial charge in [0.15, 0.2) is 6.10 Å². The van der Waals surface area contributed by atoms with Gasteiger partial charge in [0.2, 0.25) is 0 Å². The molecule has 0 spiro atoms. The van der Waals surface area contributed by atoms with E-state index in [9.17, 15) is 9.18 Å². The Hall–Kier alpha value is -1.58. The molecule has 3 nitrogen and oxygen atoms in total. The van der Waals surface area contributed by atoms with Crippen LogP contribution in [0.5, 0.6) is 5.75 Å². The average Bonchev–Trinajstić information content (AvgIpc) is 2.16. The standard InChI is InChI=1S/C11H13FO3/c1-3-9(11(13)14)15-10-5-4-8(12)6-7(10)2/h4-6,9H,3H2,1-2H3,(H,13,14). The zero-order chi connectivity index (χ0) is 11.4. The fraction of sp³-hybridized carbons (Fsp3) is 0.364. The van der Waals surface area contributed by atoms with Crippen LogP contribution in [0.3, 0.4) is 0 Å². The Labute approximate surface area is 87.5 Å². The topological polar surface area (TPSA) is 46.5 Å². The van der Waals surface area contributed by atoms with Crippen LogP contribution in [0, 0.1) is 12.7 Å². The lowest BCUT2D eigenvalue weighted by atomic mass is 10.2. The van der Waals surface area contributed by atoms with Gasteiger partial charge >= 0.3 is 5.97 Å². The predicted molar refractivity (Wildman–Crippen MR) is 53.5 cm³/mol. The first-order valence-electron chi connectivity index (χ1n) is 4.70. The Balaban J connectivity index is 2.84. The second-order valence-corrected chi connectivity index (χ2v) is 3.26. The van der Waals surface area contributed by atoms with Crippen molar-refractivity contribution in [1.82, 2.24) is 0 Å². The highest BCUT2D eigenvalue weighted by molar-refractivity contribution is 5.72. The number of halogens is 1. The summed E-state index contributed by atoms with van der Waals surface area (Å²) in [6.45, 7) is 3.39. The van der Waals surface area contributed by atoms with E-state index in [2.05, 4.69) is 0 Å². The number of carboxylic acids is 1. The molecule has 0 saturated carbocycles. The van der Waals surface area contributed by atoms with E-state index >= 15 is 0 Å². The lowest BCUT2D eigenvalue weighted by Gasteiger charge is -2.14. The number of hydrogen-bond donors (Lipinski definition) is 1. The molecule has 15 heavy (non-hydrogen) atoms. The summed E-state index contributed by atoms with van der Waals surface area (Å²) in [6, 6.07) is 4.00. The third kappa shape index (κ3) is 2.94. The molecule has 0 aliphatic heterocycles. The number of benzene rings is 1. The Morgan fingerprint density at radius 2 is 2.27 bits per heavy atom. The average molecular weight is 212 g/mol. The maximum absolute atomic E-state index is 12.8. The van der Waals surface area contributed by atoms with E-state index in [1.165, 1.54) is 18.2 Å². The largest absolute Gasteiger partial charge is 0.479 e. The Bertz CT molecular complexity index is 363. The van der Waals surface area contributed by atoms with Crippen LogP contribution in [0.4, 0.5) is 4.39 Å². The minimum atomic E-state index is -1.01. The van der Waals surface area contributed by atoms with Gasteiger partial charge in [-0.3, -0.25) is 0 Å². The zero-order valence-corrected chi connectivity index (χ0v) is 8.66. The summed E-state index contributed by atoms with van der Waals surface area (Å²) in [5, 5.41) is 8.78. The van der Waals surface area contributed by atoms with Gasteiger partial charge in [-0.15, -0.1) is 0 Å². The van der Waals surface area contributed by atoms with Crippen molar-refractivity contribution in [2.24, 2.45) is 0 Å². The van der Waals surface area contributed by atoms with Crippen LogP contribution in [0.15, 0.2) is 18.2 Å². The molecule has 1 aromatic carbocycles. The van der Waals surface area contributed by atoms with E-state index in [4.69, 9.17) is 9.84 Å². The van der Waals surface area contributed by atoms with Crippen molar-refractivity contribution >= 4 is 5.97 Å². The summed E-state index contributed by atoms with van der Waals surface area (Å²) in [7, 11) is 0. The Kier molecular flexibility index (Phi) is 3.66. The third-order valence-corrected chi connectivity index (χ3v) is 2.05. The second kappa shape index (κ2) is 4.77. The Morgan fingerprint density at radius 1 is 1.60 bits per heavy atom. The smallest absolute Gasteiger partial charge is 0.344 e. The van der Waals surface area contributed by atoms with Gasteiger partial charge in [0.25, 0.3) is 0 Å². The van der Waals surface area contributed by atoms with Crippen LogP contribution in [-0.2, 0) is 4.79 Å². The van der Waals surface area contributed by atoms with E-state index in [0.717, 1.165) is 0 Å². The number of ether oxygens (including phenoxy) is 1. The highest BCUT2D eigenvalue weighted by Crippen LogP contribution is 2.20. The van der Waals surface area contributed by atoms with Crippen molar-refractivity contribution in [1.29, 1.82) is 0 Å². The predicted octanol–water partition coefficient (Wildman–Crippen LogP) is 2.38. The molecular formula is C11H13FO3. The van der Waals surface area contributed by atoms with Crippen LogP contribution in [0.1, 0.15) is 18.9 Å². The molecule has 0 amide bonds. The molecule has 0 aromatic heterocycles. The summed E-state index contributed by atoms with van der Waals surface area (Å²) in [6.07, 6.45) is -0.513. The van der Waals surface area contributed by atoms with Crippen molar-refractivity contribution < 1.29 is 19.0 Å². The van der Waals surface area contributed by atoms with Gasteiger partial charge in [0.1, 0.15) is 11.6 Å². The van der Waals surface area contributed by atoms with Crippen LogP contribution < -0.4 is 4.74 Å². The van der Waals surface area contributed by atoms with E-state index in [1.807, 2.05) is 0 Å². The molecule has 0 aliphatic rings. The second-order valence-electron chi connectivity index (χ2n) is 3.26. The molecule has 1 N–H and O–H groups in total. The van der Waals surface area contributed by atoms with E-state index in [1.54, 1.807) is 13.8 Å². The minimum Gasteiger partial charge on any atom is -0.479 e. The molecule has 0 radical (unpaired) electrons. The zero-order valence-electron chi connectivity index (χ0n) is 8.66. The highest BCUT2D eigenvalue weighted by Gasteiger charge is 2.17. The summed E-state index contributed by atoms with van der Waals surface area (Å²) in [4.78, 5) is 10.7. The molecule has 1 rings (SSSR count). The van der Waals surface area contributed by atoms with Crippen LogP contribution in [0.25, 0.3) is 0 Å². The first-order chi connectivity index (χ1) is 7.04. The summed E-state index contributed by atoms with van der Waals surface area (Å²) >= 11 is 0. The van der Waals surface area contributed by atoms with Crippen molar-refractivity contribution in [2.75, 3.05) is 0 Å². The maximum Gasteiger partial charge on any atom is 0.344 e. The fourth-order valence-corrected chi connectivity index (χ4v) is 1.21. The van der Waals surface area contributed by atoms with E-state index in [0.29, 0.717) is 17.7 Å². The van der Waals surface area contributed by atoms with Gasteiger partial charge in [-0.05, 0) is 37.1 Å². The molecule has 82 valence electrons. The monoisotopic (exact) mass is 212 g/mol. The molecular weight excluding hydrogens is 199 g/mol. The highest BCUT2D eigenvalue weighted by atomic mass is 19.1. The molecule has 4 heteroatoms. The molecule has 0 heterocycles. The lowest BCUT2D eigenvalue weighted by Crippen LogP contribution is -2.26. The van der Waals surface area contributed by atoms with Crippen LogP contribution in [-0.4, -0.2) is 17.2 Å². The number of aryl methyl sites for hydroxylation is 1. The normalized spacial score (nSPS) is 12.2. The molecule has 0 aliphatic carbocycles. The van der Waals surface area contributed by atoms with Crippen molar-refractivity contribution in [3.63, 3.8) is 0 Å². The number of aliphatic carboxylic acids is 1. The van der Waals surface area contributed by atoms with Gasteiger partial charge in [-0.1, -0.05) is 6.92 Å². The first-order valence-corrected chi connectivity index (χ1v) is 4.70. The van der Waals surface area contributed by atoms with Gasteiger partial charge in [-0.25, -0.2) is 9.18 Å². The van der Waals surface area contributed by atoms with E-state index in [-0.39, 0.29) is 5.82 Å². The Morgan fingerprint density at radius 3 is 2.73 bits per heavy atom. The number of rotatable bonds is 4. The van der Waals surface area contributed by atoms with Crippen molar-refractivity contribution in [2.45, 2.75) is 26.4 Å².